The van der Waals surface area contributed by atoms with Crippen molar-refractivity contribution in [1.29, 1.82) is 0 Å². The molecule has 2 atom stereocenters. The molecule has 2 N–H and O–H groups in total. The van der Waals surface area contributed by atoms with E-state index < -0.39 is 6.10 Å². The van der Waals surface area contributed by atoms with Crippen LogP contribution in [0.4, 0.5) is 5.13 Å². The summed E-state index contributed by atoms with van der Waals surface area (Å²) in [5.41, 5.74) is 2.66. The second-order valence-electron chi connectivity index (χ2n) is 6.91. The second-order valence-corrected chi connectivity index (χ2v) is 8.58. The molecule has 0 spiro atoms. The highest BCUT2D eigenvalue weighted by Crippen LogP contribution is 2.28. The van der Waals surface area contributed by atoms with Gasteiger partial charge in [0.1, 0.15) is 5.75 Å². The smallest absolute Gasteiger partial charge is 0.266 e. The molecule has 31 heavy (non-hydrogen) atoms. The Kier molecular flexibility index (Phi) is 7.54. The standard InChI is InChI=1S/C22H21Cl2N3O3S/c1-12(25-14(3)28)15-4-6-16(7-5-15)20-11-31-22(26-20)27-21(29)13(2)30-17-8-9-18(23)19(24)10-17/h4-13H,1-3H3,(H,25,28)(H,26,27,29)/t12-,13+/m0/s1. The molecule has 0 aliphatic carbocycles. The van der Waals surface area contributed by atoms with Crippen LogP contribution >= 0.6 is 34.5 Å². The van der Waals surface area contributed by atoms with Crippen molar-refractivity contribution in [1.82, 2.24) is 10.3 Å². The number of rotatable bonds is 7. The first-order chi connectivity index (χ1) is 14.7. The summed E-state index contributed by atoms with van der Waals surface area (Å²) in [5, 5.41) is 8.73. The average molecular weight is 478 g/mol. The number of carbonyl (C=O) groups excluding carboxylic acids is 2. The van der Waals surface area contributed by atoms with Gasteiger partial charge in [-0.3, -0.25) is 14.9 Å². The molecule has 2 amide bonds. The molecule has 0 unspecified atom stereocenters. The van der Waals surface area contributed by atoms with Crippen molar-refractivity contribution in [2.75, 3.05) is 5.32 Å². The Balaban J connectivity index is 1.61. The van der Waals surface area contributed by atoms with Crippen molar-refractivity contribution < 1.29 is 14.3 Å². The van der Waals surface area contributed by atoms with E-state index in [1.807, 2.05) is 36.6 Å². The number of halogens is 2. The number of nitrogens with zero attached hydrogens (tertiary/aromatic N) is 1. The summed E-state index contributed by atoms with van der Waals surface area (Å²) in [6, 6.07) is 12.5. The minimum atomic E-state index is -0.751. The topological polar surface area (TPSA) is 80.3 Å². The van der Waals surface area contributed by atoms with E-state index in [0.717, 1.165) is 16.8 Å². The normalized spacial score (nSPS) is 12.7. The van der Waals surface area contributed by atoms with Gasteiger partial charge in [0.05, 0.1) is 21.8 Å². The Hall–Kier alpha value is -2.61. The number of amides is 2. The van der Waals surface area contributed by atoms with E-state index in [0.29, 0.717) is 20.9 Å². The van der Waals surface area contributed by atoms with E-state index in [9.17, 15) is 9.59 Å². The predicted octanol–water partition coefficient (Wildman–Crippen LogP) is 5.72. The maximum absolute atomic E-state index is 12.5. The number of ether oxygens (including phenoxy) is 1. The molecular formula is C22H21Cl2N3O3S. The molecule has 6 nitrogen and oxygen atoms in total. The quantitative estimate of drug-likeness (QED) is 0.455. The number of thiazole rings is 1. The van der Waals surface area contributed by atoms with Gasteiger partial charge in [0, 0.05) is 23.9 Å². The van der Waals surface area contributed by atoms with E-state index >= 15 is 0 Å². The van der Waals surface area contributed by atoms with Gasteiger partial charge in [-0.25, -0.2) is 4.98 Å². The molecule has 0 saturated heterocycles. The van der Waals surface area contributed by atoms with Crippen LogP contribution in [-0.4, -0.2) is 22.9 Å². The Labute approximate surface area is 194 Å². The zero-order valence-electron chi connectivity index (χ0n) is 17.1. The summed E-state index contributed by atoms with van der Waals surface area (Å²) < 4.78 is 5.63. The molecule has 0 aliphatic heterocycles. The van der Waals surface area contributed by atoms with Crippen LogP contribution in [0.2, 0.25) is 10.0 Å². The van der Waals surface area contributed by atoms with Gasteiger partial charge in [-0.15, -0.1) is 11.3 Å². The second kappa shape index (κ2) is 10.1. The van der Waals surface area contributed by atoms with Gasteiger partial charge in [-0.2, -0.15) is 0 Å². The Bertz CT molecular complexity index is 1090. The highest BCUT2D eigenvalue weighted by molar-refractivity contribution is 7.14. The zero-order chi connectivity index (χ0) is 22.5. The van der Waals surface area contributed by atoms with Crippen molar-refractivity contribution in [3.63, 3.8) is 0 Å². The molecule has 3 aromatic rings. The third-order valence-electron chi connectivity index (χ3n) is 4.43. The molecule has 2 aromatic carbocycles. The van der Waals surface area contributed by atoms with Crippen molar-refractivity contribution in [3.8, 4) is 17.0 Å². The number of anilines is 1. The van der Waals surface area contributed by atoms with Gasteiger partial charge in [-0.05, 0) is 31.5 Å². The minimum absolute atomic E-state index is 0.0751. The van der Waals surface area contributed by atoms with Gasteiger partial charge in [0.2, 0.25) is 5.91 Å². The van der Waals surface area contributed by atoms with Crippen LogP contribution in [0.5, 0.6) is 5.75 Å². The van der Waals surface area contributed by atoms with Crippen LogP contribution < -0.4 is 15.4 Å². The molecule has 1 heterocycles. The Morgan fingerprint density at radius 2 is 1.77 bits per heavy atom. The summed E-state index contributed by atoms with van der Waals surface area (Å²) in [6.45, 7) is 5.06. The number of benzene rings is 2. The lowest BCUT2D eigenvalue weighted by Crippen LogP contribution is -2.30. The molecule has 1 aromatic heterocycles. The summed E-state index contributed by atoms with van der Waals surface area (Å²) in [5.74, 6) is 0.0470. The lowest BCUT2D eigenvalue weighted by atomic mass is 10.1. The van der Waals surface area contributed by atoms with Crippen LogP contribution in [0.1, 0.15) is 32.4 Å². The van der Waals surface area contributed by atoms with Crippen molar-refractivity contribution >= 4 is 51.5 Å². The monoisotopic (exact) mass is 477 g/mol. The number of carbonyl (C=O) groups is 2. The van der Waals surface area contributed by atoms with E-state index in [-0.39, 0.29) is 17.9 Å². The summed E-state index contributed by atoms with van der Waals surface area (Å²) in [6.07, 6.45) is -0.751. The van der Waals surface area contributed by atoms with Crippen LogP contribution in [0, 0.1) is 0 Å². The Morgan fingerprint density at radius 1 is 1.06 bits per heavy atom. The van der Waals surface area contributed by atoms with Gasteiger partial charge in [0.25, 0.3) is 5.91 Å². The fourth-order valence-electron chi connectivity index (χ4n) is 2.81. The molecule has 3 rings (SSSR count). The van der Waals surface area contributed by atoms with E-state index in [1.165, 1.54) is 18.3 Å². The number of hydrogen-bond donors (Lipinski definition) is 2. The fraction of sp³-hybridized carbons (Fsp3) is 0.227. The molecule has 0 bridgehead atoms. The minimum Gasteiger partial charge on any atom is -0.481 e. The first kappa shape index (κ1) is 23.1. The Morgan fingerprint density at radius 3 is 2.42 bits per heavy atom. The lowest BCUT2D eigenvalue weighted by Gasteiger charge is -2.14. The first-order valence-electron chi connectivity index (χ1n) is 9.48. The highest BCUT2D eigenvalue weighted by Gasteiger charge is 2.17. The largest absolute Gasteiger partial charge is 0.481 e. The number of hydrogen-bond acceptors (Lipinski definition) is 5. The fourth-order valence-corrected chi connectivity index (χ4v) is 3.82. The molecular weight excluding hydrogens is 457 g/mol. The van der Waals surface area contributed by atoms with Crippen LogP contribution in [-0.2, 0) is 9.59 Å². The van der Waals surface area contributed by atoms with Gasteiger partial charge < -0.3 is 10.1 Å². The van der Waals surface area contributed by atoms with E-state index in [1.54, 1.807) is 25.1 Å². The summed E-state index contributed by atoms with van der Waals surface area (Å²) >= 11 is 13.2. The lowest BCUT2D eigenvalue weighted by molar-refractivity contribution is -0.122. The summed E-state index contributed by atoms with van der Waals surface area (Å²) in [4.78, 5) is 28.2. The molecule has 0 radical (unpaired) electrons. The SMILES string of the molecule is CC(=O)N[C@@H](C)c1ccc(-c2csc(NC(=O)[C@@H](C)Oc3ccc(Cl)c(Cl)c3)n2)cc1. The molecule has 0 fully saturated rings. The van der Waals surface area contributed by atoms with E-state index in [2.05, 4.69) is 15.6 Å². The molecule has 9 heteroatoms. The first-order valence-corrected chi connectivity index (χ1v) is 11.1. The summed E-state index contributed by atoms with van der Waals surface area (Å²) in [7, 11) is 0. The van der Waals surface area contributed by atoms with Gasteiger partial charge >= 0.3 is 0 Å². The maximum atomic E-state index is 12.5. The third kappa shape index (κ3) is 6.19. The molecule has 162 valence electrons. The van der Waals surface area contributed by atoms with Crippen molar-refractivity contribution in [2.45, 2.75) is 32.9 Å². The van der Waals surface area contributed by atoms with Crippen molar-refractivity contribution in [3.05, 3.63) is 63.5 Å². The number of nitrogens with one attached hydrogen (secondary N) is 2. The van der Waals surface area contributed by atoms with E-state index in [4.69, 9.17) is 27.9 Å². The van der Waals surface area contributed by atoms with Crippen LogP contribution in [0.25, 0.3) is 11.3 Å². The van der Waals surface area contributed by atoms with Gasteiger partial charge in [0.15, 0.2) is 11.2 Å². The average Bonchev–Trinajstić information content (AvgIpc) is 3.18. The van der Waals surface area contributed by atoms with Crippen LogP contribution in [0.3, 0.4) is 0 Å². The predicted molar refractivity (Wildman–Crippen MR) is 125 cm³/mol. The zero-order valence-corrected chi connectivity index (χ0v) is 19.4. The van der Waals surface area contributed by atoms with Gasteiger partial charge in [-0.1, -0.05) is 47.5 Å². The van der Waals surface area contributed by atoms with Crippen molar-refractivity contribution in [2.24, 2.45) is 0 Å². The molecule has 0 saturated carbocycles. The number of aromatic nitrogens is 1. The third-order valence-corrected chi connectivity index (χ3v) is 5.93. The maximum Gasteiger partial charge on any atom is 0.266 e. The molecule has 0 aliphatic rings. The van der Waals surface area contributed by atoms with Crippen LogP contribution in [0.15, 0.2) is 47.8 Å². The highest BCUT2D eigenvalue weighted by atomic mass is 35.5.